The van der Waals surface area contributed by atoms with E-state index in [1.54, 1.807) is 27.7 Å². The molecule has 0 saturated heterocycles. The lowest BCUT2D eigenvalue weighted by atomic mass is 10.0. The van der Waals surface area contributed by atoms with Crippen LogP contribution in [0.5, 0.6) is 0 Å². The van der Waals surface area contributed by atoms with Crippen LogP contribution >= 0.6 is 0 Å². The van der Waals surface area contributed by atoms with E-state index in [9.17, 15) is 9.59 Å². The van der Waals surface area contributed by atoms with E-state index in [1.807, 2.05) is 0 Å². The van der Waals surface area contributed by atoms with Crippen LogP contribution < -0.4 is 5.32 Å². The van der Waals surface area contributed by atoms with Gasteiger partial charge >= 0.3 is 12.1 Å². The minimum atomic E-state index is -0.698. The van der Waals surface area contributed by atoms with Crippen molar-refractivity contribution in [2.75, 3.05) is 6.61 Å². The second-order valence-corrected chi connectivity index (χ2v) is 9.49. The largest absolute Gasteiger partial charge is 0.464 e. The number of ether oxygens (including phenoxy) is 2. The molecule has 0 saturated carbocycles. The van der Waals surface area contributed by atoms with Crippen molar-refractivity contribution in [1.29, 1.82) is 0 Å². The molecular formula is C25H49NO4. The molecule has 1 N–H and O–H groups in total. The molecule has 0 unspecified atom stereocenters. The van der Waals surface area contributed by atoms with Gasteiger partial charge in [-0.05, 0) is 34.1 Å². The number of carbonyl (C=O) groups is 2. The quantitative estimate of drug-likeness (QED) is 0.184. The highest BCUT2D eigenvalue weighted by atomic mass is 16.6. The molecule has 0 aliphatic heterocycles. The predicted molar refractivity (Wildman–Crippen MR) is 125 cm³/mol. The summed E-state index contributed by atoms with van der Waals surface area (Å²) in [5, 5.41) is 2.51. The number of rotatable bonds is 18. The molecule has 0 spiro atoms. The van der Waals surface area contributed by atoms with E-state index in [2.05, 4.69) is 12.2 Å². The summed E-state index contributed by atoms with van der Waals surface area (Å²) in [6.07, 6.45) is 19.0. The van der Waals surface area contributed by atoms with Crippen LogP contribution in [0.3, 0.4) is 0 Å². The molecule has 0 fully saturated rings. The van der Waals surface area contributed by atoms with Crippen molar-refractivity contribution in [2.45, 2.75) is 143 Å². The van der Waals surface area contributed by atoms with E-state index in [0.717, 1.165) is 12.8 Å². The summed E-state index contributed by atoms with van der Waals surface area (Å²) in [6, 6.07) is -0.698. The topological polar surface area (TPSA) is 64.6 Å². The average Bonchev–Trinajstić information content (AvgIpc) is 2.65. The van der Waals surface area contributed by atoms with Crippen molar-refractivity contribution >= 4 is 12.1 Å². The third kappa shape index (κ3) is 20.0. The predicted octanol–water partition coefficient (Wildman–Crippen LogP) is 7.31. The number of hydrogen-bond donors (Lipinski definition) is 1. The van der Waals surface area contributed by atoms with Gasteiger partial charge in [-0.25, -0.2) is 9.59 Å². The van der Waals surface area contributed by atoms with Gasteiger partial charge in [-0.3, -0.25) is 0 Å². The van der Waals surface area contributed by atoms with Gasteiger partial charge in [0, 0.05) is 0 Å². The monoisotopic (exact) mass is 427 g/mol. The normalized spacial score (nSPS) is 12.4. The zero-order valence-electron chi connectivity index (χ0n) is 20.5. The van der Waals surface area contributed by atoms with Crippen LogP contribution in [0.15, 0.2) is 0 Å². The number of nitrogens with one attached hydrogen (secondary N) is 1. The fraction of sp³-hybridized carbons (Fsp3) is 0.920. The Bertz CT molecular complexity index is 431. The molecule has 0 aromatic carbocycles. The van der Waals surface area contributed by atoms with E-state index in [1.165, 1.54) is 83.5 Å². The van der Waals surface area contributed by atoms with E-state index in [0.29, 0.717) is 6.61 Å². The van der Waals surface area contributed by atoms with E-state index in [4.69, 9.17) is 9.47 Å². The molecule has 5 nitrogen and oxygen atoms in total. The summed E-state index contributed by atoms with van der Waals surface area (Å²) in [5.74, 6) is -0.411. The van der Waals surface area contributed by atoms with Gasteiger partial charge in [0.2, 0.25) is 0 Å². The Kier molecular flexibility index (Phi) is 17.7. The molecule has 0 heterocycles. The smallest absolute Gasteiger partial charge is 0.408 e. The van der Waals surface area contributed by atoms with Crippen LogP contribution in [0.2, 0.25) is 0 Å². The molecule has 0 radical (unpaired) electrons. The van der Waals surface area contributed by atoms with Crippen LogP contribution in [-0.2, 0) is 14.3 Å². The zero-order chi connectivity index (χ0) is 22.7. The summed E-state index contributed by atoms with van der Waals surface area (Å²) in [4.78, 5) is 23.6. The Hall–Kier alpha value is -1.26. The van der Waals surface area contributed by atoms with Gasteiger partial charge < -0.3 is 14.8 Å². The molecule has 0 bridgehead atoms. The number of amides is 1. The first kappa shape index (κ1) is 28.7. The van der Waals surface area contributed by atoms with Gasteiger partial charge in [0.25, 0.3) is 0 Å². The first-order valence-corrected chi connectivity index (χ1v) is 12.4. The summed E-state index contributed by atoms with van der Waals surface area (Å²) >= 11 is 0. The van der Waals surface area contributed by atoms with Crippen LogP contribution in [-0.4, -0.2) is 30.3 Å². The van der Waals surface area contributed by atoms with Crippen LogP contribution in [0, 0.1) is 0 Å². The Morgan fingerprint density at radius 2 is 1.13 bits per heavy atom. The molecule has 0 aliphatic carbocycles. The molecule has 0 rings (SSSR count). The summed E-state index contributed by atoms with van der Waals surface area (Å²) < 4.78 is 10.4. The first-order chi connectivity index (χ1) is 14.3. The highest BCUT2D eigenvalue weighted by molar-refractivity contribution is 5.80. The second-order valence-electron chi connectivity index (χ2n) is 9.49. The van der Waals surface area contributed by atoms with Crippen molar-refractivity contribution in [3.8, 4) is 0 Å². The lowest BCUT2D eigenvalue weighted by Crippen LogP contribution is -2.42. The second kappa shape index (κ2) is 18.5. The summed E-state index contributed by atoms with van der Waals surface area (Å²) in [6.45, 7) is 9.64. The molecule has 1 amide bonds. The summed E-state index contributed by atoms with van der Waals surface area (Å²) in [5.41, 5.74) is -0.582. The van der Waals surface area contributed by atoms with Crippen LogP contribution in [0.1, 0.15) is 131 Å². The Morgan fingerprint density at radius 1 is 0.733 bits per heavy atom. The van der Waals surface area contributed by atoms with Crippen molar-refractivity contribution in [3.63, 3.8) is 0 Å². The summed E-state index contributed by atoms with van der Waals surface area (Å²) in [7, 11) is 0. The molecule has 5 heteroatoms. The number of unbranched alkanes of at least 4 members (excludes halogenated alkanes) is 14. The first-order valence-electron chi connectivity index (χ1n) is 12.4. The van der Waals surface area contributed by atoms with Gasteiger partial charge in [0.05, 0.1) is 6.61 Å². The zero-order valence-corrected chi connectivity index (χ0v) is 20.5. The van der Waals surface area contributed by atoms with Gasteiger partial charge in [-0.2, -0.15) is 0 Å². The molecule has 0 aromatic heterocycles. The number of hydrogen-bond acceptors (Lipinski definition) is 4. The fourth-order valence-corrected chi connectivity index (χ4v) is 3.31. The molecule has 0 aromatic rings. The molecular weight excluding hydrogens is 378 g/mol. The third-order valence-electron chi connectivity index (χ3n) is 5.08. The lowest BCUT2D eigenvalue weighted by molar-refractivity contribution is -0.145. The highest BCUT2D eigenvalue weighted by Crippen LogP contribution is 2.13. The van der Waals surface area contributed by atoms with Gasteiger partial charge in [0.15, 0.2) is 0 Å². The maximum atomic E-state index is 11.9. The SMILES string of the molecule is CCCCCCCCCCCCCCCCCOC(=O)[C@H](C)NC(=O)OC(C)(C)C. The molecule has 178 valence electrons. The Balaban J connectivity index is 3.41. The van der Waals surface area contributed by atoms with Gasteiger partial charge in [0.1, 0.15) is 11.6 Å². The number of carbonyl (C=O) groups excluding carboxylic acids is 2. The van der Waals surface area contributed by atoms with Crippen molar-refractivity contribution in [2.24, 2.45) is 0 Å². The molecule has 1 atom stereocenters. The van der Waals surface area contributed by atoms with Crippen LogP contribution in [0.25, 0.3) is 0 Å². The van der Waals surface area contributed by atoms with Gasteiger partial charge in [-0.1, -0.05) is 96.8 Å². The number of alkyl carbamates (subject to hydrolysis) is 1. The molecule has 30 heavy (non-hydrogen) atoms. The average molecular weight is 428 g/mol. The standard InChI is InChI=1S/C25H49NO4/c1-6-7-8-9-10-11-12-13-14-15-16-17-18-19-20-21-29-23(27)22(2)26-24(28)30-25(3,4)5/h22H,6-21H2,1-5H3,(H,26,28)/t22-/m0/s1. The van der Waals surface area contributed by atoms with Crippen LogP contribution in [0.4, 0.5) is 4.79 Å². The lowest BCUT2D eigenvalue weighted by Gasteiger charge is -2.21. The Labute approximate surface area is 186 Å². The molecule has 0 aliphatic rings. The minimum Gasteiger partial charge on any atom is -0.464 e. The van der Waals surface area contributed by atoms with Crippen molar-refractivity contribution < 1.29 is 19.1 Å². The fourth-order valence-electron chi connectivity index (χ4n) is 3.31. The van der Waals surface area contributed by atoms with Gasteiger partial charge in [-0.15, -0.1) is 0 Å². The maximum Gasteiger partial charge on any atom is 0.408 e. The van der Waals surface area contributed by atoms with E-state index < -0.39 is 23.7 Å². The minimum absolute atomic E-state index is 0.411. The number of esters is 1. The maximum absolute atomic E-state index is 11.9. The Morgan fingerprint density at radius 3 is 1.53 bits per heavy atom. The van der Waals surface area contributed by atoms with E-state index >= 15 is 0 Å². The highest BCUT2D eigenvalue weighted by Gasteiger charge is 2.21. The third-order valence-corrected chi connectivity index (χ3v) is 5.08. The van der Waals surface area contributed by atoms with E-state index in [-0.39, 0.29) is 0 Å². The van der Waals surface area contributed by atoms with Crippen molar-refractivity contribution in [1.82, 2.24) is 5.32 Å². The van der Waals surface area contributed by atoms with Crippen molar-refractivity contribution in [3.05, 3.63) is 0 Å².